The van der Waals surface area contributed by atoms with Gasteiger partial charge < -0.3 is 15.0 Å². The summed E-state index contributed by atoms with van der Waals surface area (Å²) in [6.45, 7) is 1.21. The molecule has 2 aromatic carbocycles. The summed E-state index contributed by atoms with van der Waals surface area (Å²) in [6, 6.07) is 15.2. The molecule has 1 aliphatic heterocycles. The van der Waals surface area contributed by atoms with Crippen LogP contribution in [0.4, 0.5) is 5.69 Å². The SMILES string of the molecule is COc1ccccc1/C=C/C(=O)NCc1ccc(N2CCCC2=O)cc1. The van der Waals surface area contributed by atoms with Crippen molar-refractivity contribution in [2.45, 2.75) is 19.4 Å². The molecule has 0 radical (unpaired) electrons. The summed E-state index contributed by atoms with van der Waals surface area (Å²) in [5.41, 5.74) is 2.75. The molecule has 1 aliphatic rings. The average Bonchev–Trinajstić information content (AvgIpc) is 3.11. The number of nitrogens with one attached hydrogen (secondary N) is 1. The predicted octanol–water partition coefficient (Wildman–Crippen LogP) is 3.15. The van der Waals surface area contributed by atoms with Crippen LogP contribution in [-0.4, -0.2) is 25.5 Å². The first-order valence-corrected chi connectivity index (χ1v) is 8.65. The molecule has 26 heavy (non-hydrogen) atoms. The van der Waals surface area contributed by atoms with Crippen LogP contribution in [0.15, 0.2) is 54.6 Å². The molecule has 0 bridgehead atoms. The summed E-state index contributed by atoms with van der Waals surface area (Å²) >= 11 is 0. The van der Waals surface area contributed by atoms with Crippen molar-refractivity contribution in [1.29, 1.82) is 0 Å². The van der Waals surface area contributed by atoms with Gasteiger partial charge in [0.25, 0.3) is 0 Å². The Labute approximate surface area is 153 Å². The molecule has 0 aliphatic carbocycles. The lowest BCUT2D eigenvalue weighted by Crippen LogP contribution is -2.23. The number of anilines is 1. The highest BCUT2D eigenvalue weighted by Gasteiger charge is 2.21. The summed E-state index contributed by atoms with van der Waals surface area (Å²) in [7, 11) is 1.60. The molecule has 1 heterocycles. The Morgan fingerprint density at radius 3 is 2.65 bits per heavy atom. The van der Waals surface area contributed by atoms with Gasteiger partial charge >= 0.3 is 0 Å². The van der Waals surface area contributed by atoms with Gasteiger partial charge in [-0.15, -0.1) is 0 Å². The highest BCUT2D eigenvalue weighted by molar-refractivity contribution is 5.95. The third kappa shape index (κ3) is 4.30. The van der Waals surface area contributed by atoms with Crippen LogP contribution in [0.1, 0.15) is 24.0 Å². The van der Waals surface area contributed by atoms with E-state index in [2.05, 4.69) is 5.32 Å². The minimum absolute atomic E-state index is 0.172. The average molecular weight is 350 g/mol. The Morgan fingerprint density at radius 2 is 1.96 bits per heavy atom. The number of benzene rings is 2. The summed E-state index contributed by atoms with van der Waals surface area (Å²) in [4.78, 5) is 25.6. The number of amides is 2. The second kappa shape index (κ2) is 8.34. The van der Waals surface area contributed by atoms with Crippen LogP contribution in [0.25, 0.3) is 6.08 Å². The highest BCUT2D eigenvalue weighted by atomic mass is 16.5. The quantitative estimate of drug-likeness (QED) is 0.814. The van der Waals surface area contributed by atoms with Crippen molar-refractivity contribution in [1.82, 2.24) is 5.32 Å². The maximum Gasteiger partial charge on any atom is 0.244 e. The molecule has 0 aromatic heterocycles. The third-order valence-electron chi connectivity index (χ3n) is 4.34. The number of rotatable bonds is 6. The number of nitrogens with zero attached hydrogens (tertiary/aromatic N) is 1. The molecule has 0 atom stereocenters. The first-order valence-electron chi connectivity index (χ1n) is 8.65. The molecule has 5 nitrogen and oxygen atoms in total. The van der Waals surface area contributed by atoms with Gasteiger partial charge in [0.2, 0.25) is 11.8 Å². The molecule has 2 aromatic rings. The van der Waals surface area contributed by atoms with Gasteiger partial charge in [-0.2, -0.15) is 0 Å². The fraction of sp³-hybridized carbons (Fsp3) is 0.238. The predicted molar refractivity (Wildman–Crippen MR) is 102 cm³/mol. The van der Waals surface area contributed by atoms with Gasteiger partial charge in [0, 0.05) is 36.8 Å². The molecule has 134 valence electrons. The van der Waals surface area contributed by atoms with Crippen LogP contribution in [0.3, 0.4) is 0 Å². The first-order chi connectivity index (χ1) is 12.7. The molecule has 0 unspecified atom stereocenters. The molecule has 3 rings (SSSR count). The fourth-order valence-corrected chi connectivity index (χ4v) is 2.93. The molecule has 5 heteroatoms. The zero-order chi connectivity index (χ0) is 18.4. The molecule has 1 fully saturated rings. The number of methoxy groups -OCH3 is 1. The lowest BCUT2D eigenvalue weighted by molar-refractivity contribution is -0.117. The second-order valence-electron chi connectivity index (χ2n) is 6.11. The van der Waals surface area contributed by atoms with Gasteiger partial charge in [0.05, 0.1) is 7.11 Å². The van der Waals surface area contributed by atoms with Crippen molar-refractivity contribution in [3.05, 3.63) is 65.7 Å². The molecule has 0 spiro atoms. The van der Waals surface area contributed by atoms with E-state index in [4.69, 9.17) is 4.74 Å². The van der Waals surface area contributed by atoms with Crippen molar-refractivity contribution in [3.63, 3.8) is 0 Å². The van der Waals surface area contributed by atoms with E-state index < -0.39 is 0 Å². The van der Waals surface area contributed by atoms with E-state index in [9.17, 15) is 9.59 Å². The smallest absolute Gasteiger partial charge is 0.244 e. The Kier molecular flexibility index (Phi) is 5.69. The Morgan fingerprint density at radius 1 is 1.19 bits per heavy atom. The van der Waals surface area contributed by atoms with Gasteiger partial charge in [-0.25, -0.2) is 0 Å². The van der Waals surface area contributed by atoms with Gasteiger partial charge in [0.15, 0.2) is 0 Å². The number of para-hydroxylation sites is 1. The van der Waals surface area contributed by atoms with E-state index in [0.717, 1.165) is 35.5 Å². The monoisotopic (exact) mass is 350 g/mol. The Bertz CT molecular complexity index is 812. The van der Waals surface area contributed by atoms with Crippen molar-refractivity contribution in [2.75, 3.05) is 18.6 Å². The lowest BCUT2D eigenvalue weighted by atomic mass is 10.2. The van der Waals surface area contributed by atoms with Gasteiger partial charge in [-0.1, -0.05) is 30.3 Å². The summed E-state index contributed by atoms with van der Waals surface area (Å²) in [5, 5.41) is 2.86. The van der Waals surface area contributed by atoms with Gasteiger partial charge in [0.1, 0.15) is 5.75 Å². The van der Waals surface area contributed by atoms with E-state index in [1.807, 2.05) is 48.5 Å². The Hall–Kier alpha value is -3.08. The first kappa shape index (κ1) is 17.7. The van der Waals surface area contributed by atoms with Gasteiger partial charge in [-0.05, 0) is 36.3 Å². The molecule has 1 N–H and O–H groups in total. The molecule has 1 saturated heterocycles. The Balaban J connectivity index is 1.54. The molecular formula is C21H22N2O3. The van der Waals surface area contributed by atoms with Crippen molar-refractivity contribution >= 4 is 23.6 Å². The lowest BCUT2D eigenvalue weighted by Gasteiger charge is -2.15. The number of carbonyl (C=O) groups excluding carboxylic acids is 2. The van der Waals surface area contributed by atoms with E-state index in [1.165, 1.54) is 6.08 Å². The van der Waals surface area contributed by atoms with E-state index >= 15 is 0 Å². The van der Waals surface area contributed by atoms with Crippen molar-refractivity contribution in [2.24, 2.45) is 0 Å². The van der Waals surface area contributed by atoms with E-state index in [-0.39, 0.29) is 11.8 Å². The number of carbonyl (C=O) groups is 2. The van der Waals surface area contributed by atoms with Crippen molar-refractivity contribution < 1.29 is 14.3 Å². The molecular weight excluding hydrogens is 328 g/mol. The zero-order valence-corrected chi connectivity index (χ0v) is 14.8. The zero-order valence-electron chi connectivity index (χ0n) is 14.8. The molecule has 2 amide bonds. The minimum atomic E-state index is -0.172. The second-order valence-corrected chi connectivity index (χ2v) is 6.11. The highest BCUT2D eigenvalue weighted by Crippen LogP contribution is 2.21. The molecule has 0 saturated carbocycles. The maximum atomic E-state index is 12.0. The number of hydrogen-bond donors (Lipinski definition) is 1. The summed E-state index contributed by atoms with van der Waals surface area (Å²) in [6.07, 6.45) is 4.76. The standard InChI is InChI=1S/C21H22N2O3/c1-26-19-6-3-2-5-17(19)10-13-20(24)22-15-16-8-11-18(12-9-16)23-14-4-7-21(23)25/h2-3,5-6,8-13H,4,7,14-15H2,1H3,(H,22,24)/b13-10+. The van der Waals surface area contributed by atoms with Crippen LogP contribution in [0.2, 0.25) is 0 Å². The number of hydrogen-bond acceptors (Lipinski definition) is 3. The normalized spacial score (nSPS) is 14.0. The van der Waals surface area contributed by atoms with E-state index in [0.29, 0.717) is 13.0 Å². The van der Waals surface area contributed by atoms with Crippen LogP contribution in [-0.2, 0) is 16.1 Å². The minimum Gasteiger partial charge on any atom is -0.496 e. The van der Waals surface area contributed by atoms with E-state index in [1.54, 1.807) is 18.1 Å². The van der Waals surface area contributed by atoms with Gasteiger partial charge in [-0.3, -0.25) is 9.59 Å². The van der Waals surface area contributed by atoms with Crippen LogP contribution in [0, 0.1) is 0 Å². The fourth-order valence-electron chi connectivity index (χ4n) is 2.93. The van der Waals surface area contributed by atoms with Crippen LogP contribution in [0.5, 0.6) is 5.75 Å². The summed E-state index contributed by atoms with van der Waals surface area (Å²) < 4.78 is 5.26. The summed E-state index contributed by atoms with van der Waals surface area (Å²) in [5.74, 6) is 0.728. The largest absolute Gasteiger partial charge is 0.496 e. The van der Waals surface area contributed by atoms with Crippen LogP contribution < -0.4 is 15.0 Å². The van der Waals surface area contributed by atoms with Crippen LogP contribution >= 0.6 is 0 Å². The maximum absolute atomic E-state index is 12.0. The third-order valence-corrected chi connectivity index (χ3v) is 4.34. The number of ether oxygens (including phenoxy) is 1. The van der Waals surface area contributed by atoms with Crippen molar-refractivity contribution in [3.8, 4) is 5.75 Å². The topological polar surface area (TPSA) is 58.6 Å².